The summed E-state index contributed by atoms with van der Waals surface area (Å²) in [6.45, 7) is 6.32. The minimum absolute atomic E-state index is 0.0465. The zero-order valence-corrected chi connectivity index (χ0v) is 15.7. The van der Waals surface area contributed by atoms with Gasteiger partial charge in [-0.25, -0.2) is 4.39 Å². The molecule has 0 bridgehead atoms. The highest BCUT2D eigenvalue weighted by molar-refractivity contribution is 5.94. The van der Waals surface area contributed by atoms with E-state index in [1.165, 1.54) is 13.0 Å². The summed E-state index contributed by atoms with van der Waals surface area (Å²) in [6.07, 6.45) is 0. The molecule has 0 unspecified atom stereocenters. The van der Waals surface area contributed by atoms with Gasteiger partial charge in [0.2, 0.25) is 5.91 Å². The molecule has 6 heteroatoms. The molecule has 0 saturated carbocycles. The third-order valence-corrected chi connectivity index (χ3v) is 4.85. The molecule has 1 amide bonds. The van der Waals surface area contributed by atoms with Crippen LogP contribution in [0.25, 0.3) is 0 Å². The molecule has 0 spiro atoms. The van der Waals surface area contributed by atoms with E-state index in [1.807, 2.05) is 36.1 Å². The Balaban J connectivity index is 1.54. The summed E-state index contributed by atoms with van der Waals surface area (Å²) >= 11 is 0. The Bertz CT molecular complexity index is 845. The minimum atomic E-state index is -0.381. The number of para-hydroxylation sites is 1. The fourth-order valence-corrected chi connectivity index (χ4v) is 3.24. The fourth-order valence-electron chi connectivity index (χ4n) is 3.24. The molecule has 5 nitrogen and oxygen atoms in total. The van der Waals surface area contributed by atoms with Crippen molar-refractivity contribution in [3.63, 3.8) is 0 Å². The van der Waals surface area contributed by atoms with Gasteiger partial charge in [-0.15, -0.1) is 0 Å². The summed E-state index contributed by atoms with van der Waals surface area (Å²) in [5.41, 5.74) is 2.74. The second-order valence-corrected chi connectivity index (χ2v) is 6.85. The average molecular weight is 369 g/mol. The lowest BCUT2D eigenvalue weighted by Gasteiger charge is -2.35. The molecular weight excluding hydrogens is 345 g/mol. The van der Waals surface area contributed by atoms with E-state index in [4.69, 9.17) is 0 Å². The summed E-state index contributed by atoms with van der Waals surface area (Å²) in [5, 5.41) is 2.94. The van der Waals surface area contributed by atoms with Crippen LogP contribution in [0.1, 0.15) is 22.8 Å². The van der Waals surface area contributed by atoms with Gasteiger partial charge in [0.1, 0.15) is 5.82 Å². The number of benzene rings is 2. The van der Waals surface area contributed by atoms with Crippen LogP contribution in [0, 0.1) is 12.7 Å². The molecule has 1 aliphatic heterocycles. The number of Topliss-reactive ketones (excluding diaryl/α,β-unsaturated/α-hetero) is 1. The Morgan fingerprint density at radius 3 is 2.41 bits per heavy atom. The molecule has 2 aromatic rings. The molecule has 1 N–H and O–H groups in total. The highest BCUT2D eigenvalue weighted by Crippen LogP contribution is 2.22. The van der Waals surface area contributed by atoms with Crippen LogP contribution in [-0.2, 0) is 4.79 Å². The van der Waals surface area contributed by atoms with Crippen LogP contribution >= 0.6 is 0 Å². The number of anilines is 2. The van der Waals surface area contributed by atoms with E-state index in [2.05, 4.69) is 10.2 Å². The lowest BCUT2D eigenvalue weighted by Crippen LogP contribution is -2.49. The lowest BCUT2D eigenvalue weighted by molar-refractivity contribution is -0.117. The molecule has 1 heterocycles. The third kappa shape index (κ3) is 4.71. The Morgan fingerprint density at radius 1 is 1.07 bits per heavy atom. The maximum atomic E-state index is 14.3. The number of hydrogen-bond donors (Lipinski definition) is 1. The molecule has 2 aromatic carbocycles. The van der Waals surface area contributed by atoms with Gasteiger partial charge < -0.3 is 10.2 Å². The van der Waals surface area contributed by atoms with E-state index < -0.39 is 0 Å². The van der Waals surface area contributed by atoms with E-state index in [9.17, 15) is 14.0 Å². The van der Waals surface area contributed by atoms with Crippen LogP contribution in [-0.4, -0.2) is 49.3 Å². The number of aryl methyl sites for hydroxylation is 1. The average Bonchev–Trinajstić information content (AvgIpc) is 2.64. The summed E-state index contributed by atoms with van der Waals surface area (Å²) in [7, 11) is 0. The van der Waals surface area contributed by atoms with Crippen molar-refractivity contribution in [2.45, 2.75) is 13.8 Å². The topological polar surface area (TPSA) is 52.7 Å². The fraction of sp³-hybridized carbons (Fsp3) is 0.333. The number of amides is 1. The quantitative estimate of drug-likeness (QED) is 0.823. The van der Waals surface area contributed by atoms with Gasteiger partial charge in [0, 0.05) is 37.4 Å². The first-order chi connectivity index (χ1) is 12.9. The van der Waals surface area contributed by atoms with Crippen molar-refractivity contribution < 1.29 is 14.0 Å². The SMILES string of the molecule is CC(=O)c1ccc(N2CCN(CC(=O)Nc3ccccc3C)CC2)c(F)c1. The van der Waals surface area contributed by atoms with Gasteiger partial charge in [0.25, 0.3) is 0 Å². The predicted molar refractivity (Wildman–Crippen MR) is 105 cm³/mol. The second-order valence-electron chi connectivity index (χ2n) is 6.85. The third-order valence-electron chi connectivity index (χ3n) is 4.85. The molecule has 1 saturated heterocycles. The van der Waals surface area contributed by atoms with E-state index in [0.29, 0.717) is 44.0 Å². The number of carbonyl (C=O) groups is 2. The van der Waals surface area contributed by atoms with Gasteiger partial charge in [-0.3, -0.25) is 14.5 Å². The number of hydrogen-bond acceptors (Lipinski definition) is 4. The molecule has 1 fully saturated rings. The van der Waals surface area contributed by atoms with E-state index in [1.54, 1.807) is 12.1 Å². The first-order valence-corrected chi connectivity index (χ1v) is 9.07. The Kier molecular flexibility index (Phi) is 5.86. The minimum Gasteiger partial charge on any atom is -0.367 e. The number of nitrogens with one attached hydrogen (secondary N) is 1. The number of halogens is 1. The normalized spacial score (nSPS) is 14.9. The second kappa shape index (κ2) is 8.31. The lowest BCUT2D eigenvalue weighted by atomic mass is 10.1. The highest BCUT2D eigenvalue weighted by Gasteiger charge is 2.21. The largest absolute Gasteiger partial charge is 0.367 e. The Labute approximate surface area is 158 Å². The molecule has 27 heavy (non-hydrogen) atoms. The number of carbonyl (C=O) groups excluding carboxylic acids is 2. The number of piperazine rings is 1. The molecule has 1 aliphatic rings. The van der Waals surface area contributed by atoms with Crippen LogP contribution in [0.2, 0.25) is 0 Å². The monoisotopic (exact) mass is 369 g/mol. The molecule has 0 aliphatic carbocycles. The molecule has 0 aromatic heterocycles. The van der Waals surface area contributed by atoms with Gasteiger partial charge in [0.05, 0.1) is 12.2 Å². The molecular formula is C21H24FN3O2. The van der Waals surface area contributed by atoms with Gasteiger partial charge >= 0.3 is 0 Å². The van der Waals surface area contributed by atoms with Gasteiger partial charge in [-0.05, 0) is 43.7 Å². The van der Waals surface area contributed by atoms with Crippen LogP contribution < -0.4 is 10.2 Å². The number of nitrogens with zero attached hydrogens (tertiary/aromatic N) is 2. The molecule has 142 valence electrons. The van der Waals surface area contributed by atoms with E-state index in [-0.39, 0.29) is 17.5 Å². The molecule has 0 radical (unpaired) electrons. The maximum Gasteiger partial charge on any atom is 0.238 e. The Morgan fingerprint density at radius 2 is 1.78 bits per heavy atom. The summed E-state index contributed by atoms with van der Waals surface area (Å²) in [5.74, 6) is -0.576. The van der Waals surface area contributed by atoms with Crippen LogP contribution in [0.15, 0.2) is 42.5 Å². The van der Waals surface area contributed by atoms with Crippen LogP contribution in [0.4, 0.5) is 15.8 Å². The highest BCUT2D eigenvalue weighted by atomic mass is 19.1. The smallest absolute Gasteiger partial charge is 0.238 e. The standard InChI is InChI=1S/C21H24FN3O2/c1-15-5-3-4-6-19(15)23-21(27)14-24-9-11-25(12-10-24)20-8-7-17(16(2)26)13-18(20)22/h3-8,13H,9-12,14H2,1-2H3,(H,23,27). The van der Waals surface area contributed by atoms with Gasteiger partial charge in [-0.1, -0.05) is 18.2 Å². The number of ketones is 1. The summed E-state index contributed by atoms with van der Waals surface area (Å²) in [4.78, 5) is 27.7. The van der Waals surface area contributed by atoms with E-state index >= 15 is 0 Å². The van der Waals surface area contributed by atoms with Crippen molar-refractivity contribution >= 4 is 23.1 Å². The molecule has 3 rings (SSSR count). The maximum absolute atomic E-state index is 14.3. The van der Waals surface area contributed by atoms with Gasteiger partial charge in [0.15, 0.2) is 5.78 Å². The zero-order chi connectivity index (χ0) is 19.4. The van der Waals surface area contributed by atoms with Gasteiger partial charge in [-0.2, -0.15) is 0 Å². The van der Waals surface area contributed by atoms with Crippen LogP contribution in [0.5, 0.6) is 0 Å². The summed E-state index contributed by atoms with van der Waals surface area (Å²) < 4.78 is 14.3. The number of rotatable bonds is 5. The van der Waals surface area contributed by atoms with Crippen molar-refractivity contribution in [1.82, 2.24) is 4.90 Å². The summed E-state index contributed by atoms with van der Waals surface area (Å²) in [6, 6.07) is 12.3. The first-order valence-electron chi connectivity index (χ1n) is 9.07. The van der Waals surface area contributed by atoms with Crippen molar-refractivity contribution in [3.05, 3.63) is 59.4 Å². The van der Waals surface area contributed by atoms with Crippen molar-refractivity contribution in [3.8, 4) is 0 Å². The van der Waals surface area contributed by atoms with Crippen LogP contribution in [0.3, 0.4) is 0 Å². The zero-order valence-electron chi connectivity index (χ0n) is 15.7. The van der Waals surface area contributed by atoms with Crippen molar-refractivity contribution in [2.75, 3.05) is 42.9 Å². The van der Waals surface area contributed by atoms with Crippen molar-refractivity contribution in [2.24, 2.45) is 0 Å². The molecule has 0 atom stereocenters. The Hall–Kier alpha value is -2.73. The first kappa shape index (κ1) is 19.0. The predicted octanol–water partition coefficient (Wildman–Crippen LogP) is 3.10. The van der Waals surface area contributed by atoms with E-state index in [0.717, 1.165) is 11.3 Å². The van der Waals surface area contributed by atoms with Crippen molar-refractivity contribution in [1.29, 1.82) is 0 Å².